The molecule has 3 aromatic carbocycles. The highest BCUT2D eigenvalue weighted by molar-refractivity contribution is 6.09. The molecule has 2 nitrogen and oxygen atoms in total. The Morgan fingerprint density at radius 2 is 1.80 bits per heavy atom. The highest BCUT2D eigenvalue weighted by Gasteiger charge is 2.21. The number of rotatable bonds is 0. The molecule has 92 valence electrons. The van der Waals surface area contributed by atoms with E-state index >= 15 is 0 Å². The molecule has 20 heavy (non-hydrogen) atoms. The summed E-state index contributed by atoms with van der Waals surface area (Å²) in [5, 5.41) is 6.90. The first-order valence-electron chi connectivity index (χ1n) is 6.58. The van der Waals surface area contributed by atoms with Gasteiger partial charge < -0.3 is 4.42 Å². The van der Waals surface area contributed by atoms with Gasteiger partial charge in [0, 0.05) is 21.9 Å². The lowest BCUT2D eigenvalue weighted by Gasteiger charge is -1.98. The Bertz CT molecular complexity index is 981. The Labute approximate surface area is 115 Å². The third-order valence-corrected chi connectivity index (χ3v) is 3.87. The lowest BCUT2D eigenvalue weighted by atomic mass is 10.0. The number of benzene rings is 3. The van der Waals surface area contributed by atoms with E-state index in [1.165, 1.54) is 5.56 Å². The topological polar surface area (TPSA) is 27.2 Å². The first kappa shape index (κ1) is 10.1. The molecule has 2 radical (unpaired) electrons. The van der Waals surface area contributed by atoms with Crippen LogP contribution in [0.3, 0.4) is 0 Å². The third kappa shape index (κ3) is 1.18. The minimum absolute atomic E-state index is 0.899. The van der Waals surface area contributed by atoms with Crippen LogP contribution in [0.15, 0.2) is 59.0 Å². The lowest BCUT2D eigenvalue weighted by Crippen LogP contribution is -1.80. The summed E-state index contributed by atoms with van der Waals surface area (Å²) in [5.74, 6) is 0. The van der Waals surface area contributed by atoms with E-state index in [9.17, 15) is 0 Å². The predicted molar refractivity (Wildman–Crippen MR) is 79.4 cm³/mol. The van der Waals surface area contributed by atoms with Gasteiger partial charge in [-0.3, -0.25) is 0 Å². The first-order chi connectivity index (χ1) is 9.90. The molecule has 0 saturated carbocycles. The second-order valence-corrected chi connectivity index (χ2v) is 5.02. The van der Waals surface area contributed by atoms with Gasteiger partial charge in [-0.1, -0.05) is 24.3 Å². The summed E-state index contributed by atoms with van der Waals surface area (Å²) >= 11 is 0. The Hall–Kier alpha value is -2.74. The number of nitrogens with zero attached hydrogens (tertiary/aromatic N) is 1. The van der Waals surface area contributed by atoms with Crippen LogP contribution in [0.5, 0.6) is 0 Å². The van der Waals surface area contributed by atoms with Crippen molar-refractivity contribution in [3.8, 4) is 11.1 Å². The molecule has 0 fully saturated rings. The Morgan fingerprint density at radius 3 is 2.80 bits per heavy atom. The van der Waals surface area contributed by atoms with Gasteiger partial charge in [-0.2, -0.15) is 0 Å². The molecule has 0 atom stereocenters. The van der Waals surface area contributed by atoms with Crippen LogP contribution in [-0.2, 0) is 0 Å². The first-order valence-corrected chi connectivity index (χ1v) is 6.58. The maximum absolute atomic E-state index is 5.93. The summed E-state index contributed by atoms with van der Waals surface area (Å²) in [4.78, 5) is 0. The van der Waals surface area contributed by atoms with E-state index in [1.54, 1.807) is 0 Å². The van der Waals surface area contributed by atoms with Gasteiger partial charge in [-0.05, 0) is 36.4 Å². The maximum Gasteiger partial charge on any atom is 0.136 e. The summed E-state index contributed by atoms with van der Waals surface area (Å²) in [7, 11) is 0. The normalized spacial score (nSPS) is 12.4. The zero-order valence-corrected chi connectivity index (χ0v) is 10.6. The third-order valence-electron chi connectivity index (χ3n) is 3.87. The van der Waals surface area contributed by atoms with Crippen molar-refractivity contribution in [2.24, 2.45) is 0 Å². The molecule has 0 unspecified atom stereocenters. The molecule has 0 saturated heterocycles. The van der Waals surface area contributed by atoms with Gasteiger partial charge in [0.1, 0.15) is 11.2 Å². The van der Waals surface area contributed by atoms with Crippen LogP contribution in [-0.4, -0.2) is 0 Å². The van der Waals surface area contributed by atoms with Crippen molar-refractivity contribution in [1.29, 1.82) is 0 Å². The van der Waals surface area contributed by atoms with Crippen molar-refractivity contribution in [2.45, 2.75) is 0 Å². The van der Waals surface area contributed by atoms with Gasteiger partial charge >= 0.3 is 0 Å². The fourth-order valence-corrected chi connectivity index (χ4v) is 2.93. The quantitative estimate of drug-likeness (QED) is 0.385. The molecule has 4 aromatic rings. The molecule has 2 heteroatoms. The molecule has 5 rings (SSSR count). The predicted octanol–water partition coefficient (Wildman–Crippen LogP) is 4.93. The van der Waals surface area contributed by atoms with Gasteiger partial charge in [0.05, 0.1) is 11.4 Å². The largest absolute Gasteiger partial charge is 0.456 e. The zero-order chi connectivity index (χ0) is 13.1. The molecule has 0 bridgehead atoms. The number of fused-ring (bicyclic) bond motifs is 6. The summed E-state index contributed by atoms with van der Waals surface area (Å²) in [6, 6.07) is 21.3. The smallest absolute Gasteiger partial charge is 0.136 e. The molecular formula is C18H9NO. The number of furan rings is 1. The van der Waals surface area contributed by atoms with E-state index in [0.717, 1.165) is 38.9 Å². The summed E-state index contributed by atoms with van der Waals surface area (Å²) < 4.78 is 5.93. The summed E-state index contributed by atoms with van der Waals surface area (Å²) in [6.07, 6.45) is 0. The molecule has 0 N–H and O–H groups in total. The molecular weight excluding hydrogens is 246 g/mol. The number of para-hydroxylation sites is 1. The molecule has 1 aliphatic heterocycles. The summed E-state index contributed by atoms with van der Waals surface area (Å²) in [5.41, 5.74) is 6.18. The minimum Gasteiger partial charge on any atom is -0.456 e. The van der Waals surface area contributed by atoms with E-state index in [2.05, 4.69) is 24.3 Å². The number of hydrogen-bond acceptors (Lipinski definition) is 1. The van der Waals surface area contributed by atoms with Crippen molar-refractivity contribution in [3.05, 3.63) is 60.7 Å². The van der Waals surface area contributed by atoms with E-state index in [1.807, 2.05) is 36.4 Å². The molecule has 1 aromatic heterocycles. The Kier molecular flexibility index (Phi) is 1.73. The van der Waals surface area contributed by atoms with Gasteiger partial charge in [0.15, 0.2) is 0 Å². The molecule has 2 heterocycles. The Balaban J connectivity index is 1.90. The van der Waals surface area contributed by atoms with E-state index in [-0.39, 0.29) is 0 Å². The van der Waals surface area contributed by atoms with Gasteiger partial charge in [0.25, 0.3) is 0 Å². The summed E-state index contributed by atoms with van der Waals surface area (Å²) in [6.45, 7) is 0. The molecule has 1 aliphatic rings. The van der Waals surface area contributed by atoms with Crippen molar-refractivity contribution >= 4 is 33.3 Å². The second-order valence-electron chi connectivity index (χ2n) is 5.02. The van der Waals surface area contributed by atoms with Crippen molar-refractivity contribution < 1.29 is 4.42 Å². The Morgan fingerprint density at radius 1 is 0.850 bits per heavy atom. The van der Waals surface area contributed by atoms with Crippen LogP contribution < -0.4 is 5.32 Å². The van der Waals surface area contributed by atoms with Crippen LogP contribution in [0.2, 0.25) is 0 Å². The van der Waals surface area contributed by atoms with Crippen LogP contribution in [0.25, 0.3) is 33.1 Å². The van der Waals surface area contributed by atoms with E-state index in [0.29, 0.717) is 0 Å². The van der Waals surface area contributed by atoms with Crippen LogP contribution in [0.1, 0.15) is 0 Å². The minimum atomic E-state index is 0.899. The second kappa shape index (κ2) is 3.42. The molecule has 0 amide bonds. The van der Waals surface area contributed by atoms with Gasteiger partial charge in [0.2, 0.25) is 0 Å². The average Bonchev–Trinajstić information content (AvgIpc) is 3.02. The lowest BCUT2D eigenvalue weighted by molar-refractivity contribution is 0.669. The average molecular weight is 255 g/mol. The van der Waals surface area contributed by atoms with E-state index in [4.69, 9.17) is 9.73 Å². The van der Waals surface area contributed by atoms with Crippen molar-refractivity contribution in [2.75, 3.05) is 0 Å². The zero-order valence-electron chi connectivity index (χ0n) is 10.6. The van der Waals surface area contributed by atoms with Crippen LogP contribution in [0.4, 0.5) is 11.4 Å². The van der Waals surface area contributed by atoms with Crippen LogP contribution >= 0.6 is 0 Å². The standard InChI is InChI=1S/C18H9NO/c1-3-7-15-11(5-1)13-10-18-14(9-16(13)19-15)12-6-2-4-8-17(12)20-18/h1,3-10H. The molecule has 0 aliphatic carbocycles. The highest BCUT2D eigenvalue weighted by Crippen LogP contribution is 2.45. The van der Waals surface area contributed by atoms with Gasteiger partial charge in [-0.15, -0.1) is 0 Å². The van der Waals surface area contributed by atoms with Crippen molar-refractivity contribution in [3.63, 3.8) is 0 Å². The van der Waals surface area contributed by atoms with Gasteiger partial charge in [-0.25, -0.2) is 5.32 Å². The number of hydrogen-bond donors (Lipinski definition) is 0. The maximum atomic E-state index is 5.93. The SMILES string of the molecule is [c]1ccc2oc3cc4c(cc3c2c1)[N]c1ccccc1-4. The fraction of sp³-hybridized carbons (Fsp3) is 0. The van der Waals surface area contributed by atoms with Crippen LogP contribution in [0, 0.1) is 6.07 Å². The monoisotopic (exact) mass is 255 g/mol. The fourth-order valence-electron chi connectivity index (χ4n) is 2.93. The molecule has 0 spiro atoms. The highest BCUT2D eigenvalue weighted by atomic mass is 16.3. The van der Waals surface area contributed by atoms with Crippen molar-refractivity contribution in [1.82, 2.24) is 5.32 Å². The van der Waals surface area contributed by atoms with E-state index < -0.39 is 0 Å².